The van der Waals surface area contributed by atoms with Gasteiger partial charge in [-0.25, -0.2) is 0 Å². The van der Waals surface area contributed by atoms with Gasteiger partial charge in [0.25, 0.3) is 0 Å². The second kappa shape index (κ2) is 6.56. The Balaban J connectivity index is 0.00000121. The third kappa shape index (κ3) is 3.82. The molecular formula is C9H15N3O5. The summed E-state index contributed by atoms with van der Waals surface area (Å²) in [7, 11) is 1.31. The second-order valence-corrected chi connectivity index (χ2v) is 3.21. The molecule has 0 saturated carbocycles. The fraction of sp³-hybridized carbons (Fsp3) is 0.667. The molecule has 1 amide bonds. The largest absolute Gasteiger partial charge is 0.329 e. The maximum atomic E-state index is 11.3. The molecule has 1 atom stereocenters. The number of amides is 1. The monoisotopic (exact) mass is 245 g/mol. The van der Waals surface area contributed by atoms with E-state index in [0.29, 0.717) is 0 Å². The van der Waals surface area contributed by atoms with Crippen molar-refractivity contribution >= 4 is 5.91 Å². The van der Waals surface area contributed by atoms with Crippen LogP contribution >= 0.6 is 0 Å². The summed E-state index contributed by atoms with van der Waals surface area (Å²) in [5.41, 5.74) is -0.596. The first-order chi connectivity index (χ1) is 7.93. The van der Waals surface area contributed by atoms with Gasteiger partial charge in [-0.1, -0.05) is 13.8 Å². The number of nitrogens with zero attached hydrogens (tertiary/aromatic N) is 3. The van der Waals surface area contributed by atoms with E-state index in [1.165, 1.54) is 7.05 Å². The third-order valence-corrected chi connectivity index (χ3v) is 2.13. The third-order valence-electron chi connectivity index (χ3n) is 2.13. The minimum Gasteiger partial charge on any atom is -0.329 e. The van der Waals surface area contributed by atoms with Crippen LogP contribution in [0.3, 0.4) is 0 Å². The molecule has 1 aliphatic rings. The Morgan fingerprint density at radius 1 is 1.35 bits per heavy atom. The van der Waals surface area contributed by atoms with Crippen LogP contribution in [0.5, 0.6) is 0 Å². The van der Waals surface area contributed by atoms with Crippen molar-refractivity contribution in [2.24, 2.45) is 0 Å². The lowest BCUT2D eigenvalue weighted by Crippen LogP contribution is -2.37. The van der Waals surface area contributed by atoms with Gasteiger partial charge in [-0.15, -0.1) is 0 Å². The lowest BCUT2D eigenvalue weighted by Gasteiger charge is -2.14. The molecule has 0 aliphatic carbocycles. The van der Waals surface area contributed by atoms with Gasteiger partial charge in [0.05, 0.1) is 11.5 Å². The zero-order valence-electron chi connectivity index (χ0n) is 9.95. The SMILES string of the molecule is CC.CN1CC([N+](=O)[O-])CC=C([N+](=O)[O-])C1=O. The predicted octanol–water partition coefficient (Wildman–Crippen LogP) is 0.681. The van der Waals surface area contributed by atoms with Crippen LogP contribution in [0, 0.1) is 20.2 Å². The van der Waals surface area contributed by atoms with Gasteiger partial charge in [-0.3, -0.25) is 25.0 Å². The molecule has 0 saturated heterocycles. The van der Waals surface area contributed by atoms with Gasteiger partial charge in [0.1, 0.15) is 0 Å². The Bertz CT molecular complexity index is 353. The van der Waals surface area contributed by atoms with E-state index in [1.54, 1.807) is 0 Å². The van der Waals surface area contributed by atoms with E-state index in [1.807, 2.05) is 13.8 Å². The standard InChI is InChI=1S/C7H9N3O5.C2H6/c1-8-4-5(9(12)13)2-3-6(7(8)11)10(14)15;1-2/h3,5H,2,4H2,1H3;1-2H3. The zero-order chi connectivity index (χ0) is 13.6. The van der Waals surface area contributed by atoms with Gasteiger partial charge < -0.3 is 4.90 Å². The summed E-state index contributed by atoms with van der Waals surface area (Å²) in [6.45, 7) is 3.89. The first-order valence-electron chi connectivity index (χ1n) is 5.17. The Kier molecular flexibility index (Phi) is 5.79. The Hall–Kier alpha value is -1.99. The van der Waals surface area contributed by atoms with Crippen molar-refractivity contribution in [3.8, 4) is 0 Å². The Morgan fingerprint density at radius 2 is 1.88 bits per heavy atom. The van der Waals surface area contributed by atoms with Crippen molar-refractivity contribution in [2.45, 2.75) is 26.3 Å². The number of hydrogen-bond acceptors (Lipinski definition) is 5. The average molecular weight is 245 g/mol. The minimum absolute atomic E-state index is 0.0978. The summed E-state index contributed by atoms with van der Waals surface area (Å²) >= 11 is 0. The maximum absolute atomic E-state index is 11.3. The lowest BCUT2D eigenvalue weighted by atomic mass is 10.2. The minimum atomic E-state index is -0.976. The molecular weight excluding hydrogens is 230 g/mol. The average Bonchev–Trinajstić information content (AvgIpc) is 2.42. The van der Waals surface area contributed by atoms with Gasteiger partial charge in [-0.2, -0.15) is 0 Å². The number of carbonyl (C=O) groups is 1. The molecule has 0 aromatic heterocycles. The summed E-state index contributed by atoms with van der Waals surface area (Å²) in [4.78, 5) is 32.0. The van der Waals surface area contributed by atoms with Gasteiger partial charge in [0.15, 0.2) is 0 Å². The highest BCUT2D eigenvalue weighted by atomic mass is 16.6. The van der Waals surface area contributed by atoms with Crippen molar-refractivity contribution in [1.82, 2.24) is 4.90 Å². The number of carbonyl (C=O) groups excluding carboxylic acids is 1. The highest BCUT2D eigenvalue weighted by Crippen LogP contribution is 2.12. The van der Waals surface area contributed by atoms with E-state index >= 15 is 0 Å². The molecule has 0 fully saturated rings. The molecule has 1 rings (SSSR count). The smallest absolute Gasteiger partial charge is 0.329 e. The van der Waals surface area contributed by atoms with E-state index < -0.39 is 27.5 Å². The molecule has 0 N–H and O–H groups in total. The van der Waals surface area contributed by atoms with Crippen LogP contribution in [0.2, 0.25) is 0 Å². The summed E-state index contributed by atoms with van der Waals surface area (Å²) in [6.07, 6.45) is 0.915. The van der Waals surface area contributed by atoms with Crippen molar-refractivity contribution in [1.29, 1.82) is 0 Å². The molecule has 8 heteroatoms. The van der Waals surface area contributed by atoms with Crippen LogP contribution in [-0.4, -0.2) is 40.3 Å². The first kappa shape index (κ1) is 15.0. The molecule has 1 unspecified atom stereocenters. The number of rotatable bonds is 2. The number of nitro groups is 2. The van der Waals surface area contributed by atoms with Gasteiger partial charge in [0.2, 0.25) is 6.04 Å². The summed E-state index contributed by atoms with van der Waals surface area (Å²) in [5.74, 6) is -0.788. The predicted molar refractivity (Wildman–Crippen MR) is 59.5 cm³/mol. The molecule has 0 spiro atoms. The van der Waals surface area contributed by atoms with Crippen LogP contribution in [0.25, 0.3) is 0 Å². The summed E-state index contributed by atoms with van der Waals surface area (Å²) in [6, 6.07) is -0.976. The van der Waals surface area contributed by atoms with E-state index in [9.17, 15) is 25.0 Å². The molecule has 1 heterocycles. The number of hydrogen-bond donors (Lipinski definition) is 0. The highest BCUT2D eigenvalue weighted by Gasteiger charge is 2.34. The van der Waals surface area contributed by atoms with Crippen molar-refractivity contribution in [3.05, 3.63) is 32.0 Å². The normalized spacial score (nSPS) is 19.7. The number of likely N-dealkylation sites (N-methyl/N-ethyl adjacent to an activating group) is 1. The highest BCUT2D eigenvalue weighted by molar-refractivity contribution is 5.91. The van der Waals surface area contributed by atoms with E-state index in [-0.39, 0.29) is 13.0 Å². The quantitative estimate of drug-likeness (QED) is 0.525. The molecule has 0 aromatic carbocycles. The fourth-order valence-electron chi connectivity index (χ4n) is 1.31. The van der Waals surface area contributed by atoms with E-state index in [4.69, 9.17) is 0 Å². The van der Waals surface area contributed by atoms with E-state index in [2.05, 4.69) is 0 Å². The Morgan fingerprint density at radius 3 is 2.29 bits per heavy atom. The molecule has 1 aliphatic heterocycles. The van der Waals surface area contributed by atoms with Crippen LogP contribution in [0.1, 0.15) is 20.3 Å². The Labute approximate surface area is 98.2 Å². The van der Waals surface area contributed by atoms with Gasteiger partial charge in [-0.05, 0) is 0 Å². The van der Waals surface area contributed by atoms with Crippen LogP contribution < -0.4 is 0 Å². The topological polar surface area (TPSA) is 107 Å². The van der Waals surface area contributed by atoms with Crippen LogP contribution in [-0.2, 0) is 4.79 Å². The second-order valence-electron chi connectivity index (χ2n) is 3.21. The molecule has 0 bridgehead atoms. The fourth-order valence-corrected chi connectivity index (χ4v) is 1.31. The van der Waals surface area contributed by atoms with Crippen molar-refractivity contribution in [3.63, 3.8) is 0 Å². The molecule has 96 valence electrons. The summed E-state index contributed by atoms with van der Waals surface area (Å²) in [5, 5.41) is 21.0. The zero-order valence-corrected chi connectivity index (χ0v) is 9.95. The molecule has 8 nitrogen and oxygen atoms in total. The summed E-state index contributed by atoms with van der Waals surface area (Å²) < 4.78 is 0. The molecule has 17 heavy (non-hydrogen) atoms. The van der Waals surface area contributed by atoms with E-state index in [0.717, 1.165) is 11.0 Å². The van der Waals surface area contributed by atoms with Crippen molar-refractivity contribution in [2.75, 3.05) is 13.6 Å². The molecule has 0 aromatic rings. The van der Waals surface area contributed by atoms with Crippen LogP contribution in [0.15, 0.2) is 11.8 Å². The molecule has 0 radical (unpaired) electrons. The van der Waals surface area contributed by atoms with Gasteiger partial charge >= 0.3 is 11.6 Å². The lowest BCUT2D eigenvalue weighted by molar-refractivity contribution is -0.521. The van der Waals surface area contributed by atoms with Crippen molar-refractivity contribution < 1.29 is 14.6 Å². The first-order valence-corrected chi connectivity index (χ1v) is 5.17. The van der Waals surface area contributed by atoms with Gasteiger partial charge in [0, 0.05) is 24.5 Å². The maximum Gasteiger partial charge on any atom is 0.329 e. The van der Waals surface area contributed by atoms with Crippen LogP contribution in [0.4, 0.5) is 0 Å².